The molecule has 0 radical (unpaired) electrons. The summed E-state index contributed by atoms with van der Waals surface area (Å²) in [6.45, 7) is 4.03. The number of aryl methyl sites for hydroxylation is 2. The summed E-state index contributed by atoms with van der Waals surface area (Å²) in [5, 5.41) is 7.39. The number of nitrogens with zero attached hydrogens (tertiary/aromatic N) is 4. The maximum atomic E-state index is 13.9. The summed E-state index contributed by atoms with van der Waals surface area (Å²) in [7, 11) is -4.15. The zero-order valence-corrected chi connectivity index (χ0v) is 25.9. The first-order valence-electron chi connectivity index (χ1n) is 13.6. The van der Waals surface area contributed by atoms with Gasteiger partial charge in [0.15, 0.2) is 0 Å². The highest BCUT2D eigenvalue weighted by molar-refractivity contribution is 7.89. The minimum absolute atomic E-state index is 0.0538. The molecule has 0 saturated carbocycles. The van der Waals surface area contributed by atoms with Gasteiger partial charge in [-0.1, -0.05) is 59.6 Å². The van der Waals surface area contributed by atoms with Crippen LogP contribution >= 0.6 is 23.2 Å². The molecule has 1 atom stereocenters. The minimum atomic E-state index is -4.15. The quantitative estimate of drug-likeness (QED) is 0.151. The van der Waals surface area contributed by atoms with Crippen LogP contribution in [0.5, 0.6) is 5.75 Å². The number of rotatable bonds is 9. The Balaban J connectivity index is 1.35. The van der Waals surface area contributed by atoms with Gasteiger partial charge in [0, 0.05) is 34.8 Å². The van der Waals surface area contributed by atoms with Gasteiger partial charge in [-0.25, -0.2) is 18.4 Å². The van der Waals surface area contributed by atoms with Crippen molar-refractivity contribution in [1.82, 2.24) is 19.6 Å². The monoisotopic (exact) mass is 640 g/mol. The van der Waals surface area contributed by atoms with Crippen LogP contribution in [0.25, 0.3) is 10.9 Å². The van der Waals surface area contributed by atoms with Crippen molar-refractivity contribution >= 4 is 56.2 Å². The van der Waals surface area contributed by atoms with Crippen molar-refractivity contribution in [2.75, 3.05) is 6.54 Å². The Morgan fingerprint density at radius 1 is 1.14 bits per heavy atom. The van der Waals surface area contributed by atoms with Crippen LogP contribution in [-0.2, 0) is 28.0 Å². The number of nitrogens with two attached hydrogens (primary N) is 1. The van der Waals surface area contributed by atoms with Crippen molar-refractivity contribution in [2.45, 2.75) is 50.8 Å². The normalized spacial score (nSPS) is 15.8. The molecule has 0 aliphatic carbocycles. The molecular formula is C30H30Cl2N6O4S. The molecule has 1 aromatic heterocycles. The van der Waals surface area contributed by atoms with Gasteiger partial charge in [-0.2, -0.15) is 9.41 Å². The molecule has 4 aromatic rings. The molecule has 1 aliphatic heterocycles. The lowest BCUT2D eigenvalue weighted by Crippen LogP contribution is -2.45. The molecule has 2 heterocycles. The second-order valence-corrected chi connectivity index (χ2v) is 12.8. The molecule has 1 amide bonds. The van der Waals surface area contributed by atoms with E-state index >= 15 is 0 Å². The molecule has 1 saturated heterocycles. The van der Waals surface area contributed by atoms with Crippen molar-refractivity contribution in [1.29, 1.82) is 0 Å². The van der Waals surface area contributed by atoms with Gasteiger partial charge in [-0.05, 0) is 56.0 Å². The Morgan fingerprint density at radius 2 is 1.91 bits per heavy atom. The van der Waals surface area contributed by atoms with Crippen LogP contribution in [0.2, 0.25) is 10.0 Å². The first-order chi connectivity index (χ1) is 20.6. The van der Waals surface area contributed by atoms with Crippen molar-refractivity contribution in [2.24, 2.45) is 10.9 Å². The number of amides is 1. The summed E-state index contributed by atoms with van der Waals surface area (Å²) in [6.07, 6.45) is 2.44. The Kier molecular flexibility index (Phi) is 9.16. The molecular weight excluding hydrogens is 611 g/mol. The number of para-hydroxylation sites is 1. The van der Waals surface area contributed by atoms with E-state index in [2.05, 4.69) is 20.4 Å². The van der Waals surface area contributed by atoms with E-state index in [1.807, 2.05) is 43.3 Å². The van der Waals surface area contributed by atoms with E-state index in [0.29, 0.717) is 35.5 Å². The Morgan fingerprint density at radius 3 is 2.65 bits per heavy atom. The average Bonchev–Trinajstić information content (AvgIpc) is 3.48. The van der Waals surface area contributed by atoms with Crippen LogP contribution < -0.4 is 15.9 Å². The first-order valence-corrected chi connectivity index (χ1v) is 15.7. The SMILES string of the molecule is Cc1nc(C)c2cccc(OCc3c(Cl)ccc(S(=O)(=O)N4CCC[C@H]4C(=O)NCc4ccc(C=NN)cc4)c3Cl)c2n1. The lowest BCUT2D eigenvalue weighted by molar-refractivity contribution is -0.124. The van der Waals surface area contributed by atoms with Crippen LogP contribution in [0.3, 0.4) is 0 Å². The smallest absolute Gasteiger partial charge is 0.245 e. The van der Waals surface area contributed by atoms with Crippen LogP contribution in [-0.4, -0.2) is 47.4 Å². The predicted molar refractivity (Wildman–Crippen MR) is 167 cm³/mol. The summed E-state index contributed by atoms with van der Waals surface area (Å²) in [4.78, 5) is 21.9. The lowest BCUT2D eigenvalue weighted by atomic mass is 10.1. The number of halogens is 2. The van der Waals surface area contributed by atoms with Crippen molar-refractivity contribution in [3.63, 3.8) is 0 Å². The molecule has 13 heteroatoms. The number of carbonyl (C=O) groups excluding carboxylic acids is 1. The van der Waals surface area contributed by atoms with E-state index in [-0.39, 0.29) is 40.5 Å². The van der Waals surface area contributed by atoms with Crippen molar-refractivity contribution in [3.05, 3.63) is 92.9 Å². The number of ether oxygens (including phenoxy) is 1. The molecule has 0 bridgehead atoms. The van der Waals surface area contributed by atoms with Gasteiger partial charge in [0.05, 0.1) is 11.2 Å². The van der Waals surface area contributed by atoms with E-state index in [1.54, 1.807) is 13.0 Å². The topological polar surface area (TPSA) is 140 Å². The van der Waals surface area contributed by atoms with E-state index in [0.717, 1.165) is 22.2 Å². The number of benzene rings is 3. The van der Waals surface area contributed by atoms with Crippen LogP contribution in [0, 0.1) is 13.8 Å². The fraction of sp³-hybridized carbons (Fsp3) is 0.267. The van der Waals surface area contributed by atoms with Crippen molar-refractivity contribution in [3.8, 4) is 5.75 Å². The molecule has 10 nitrogen and oxygen atoms in total. The first kappa shape index (κ1) is 30.7. The molecule has 1 aliphatic rings. The van der Waals surface area contributed by atoms with Crippen molar-refractivity contribution < 1.29 is 17.9 Å². The molecule has 43 heavy (non-hydrogen) atoms. The van der Waals surface area contributed by atoms with Gasteiger partial charge in [0.1, 0.15) is 34.6 Å². The molecule has 3 aromatic carbocycles. The molecule has 0 unspecified atom stereocenters. The van der Waals surface area contributed by atoms with E-state index < -0.39 is 16.1 Å². The third kappa shape index (κ3) is 6.45. The highest BCUT2D eigenvalue weighted by atomic mass is 35.5. The number of nitrogens with one attached hydrogen (secondary N) is 1. The highest BCUT2D eigenvalue weighted by Crippen LogP contribution is 2.36. The maximum absolute atomic E-state index is 13.9. The standard InChI is InChI=1S/C30H30Cl2N6O4S/c1-18-22-5-3-7-26(29(22)37-19(2)36-18)42-17-23-24(31)12-13-27(28(23)32)43(40,41)38-14-4-6-25(38)30(39)34-15-20-8-10-21(11-9-20)16-35-33/h3,5,7-13,16,25H,4,6,14-15,17,33H2,1-2H3,(H,34,39)/t25-/m0/s1. The molecule has 224 valence electrons. The van der Waals surface area contributed by atoms with Gasteiger partial charge in [0.25, 0.3) is 0 Å². The minimum Gasteiger partial charge on any atom is -0.487 e. The summed E-state index contributed by atoms with van der Waals surface area (Å²) in [5.74, 6) is 5.89. The fourth-order valence-electron chi connectivity index (χ4n) is 5.12. The van der Waals surface area contributed by atoms with Crippen LogP contribution in [0.1, 0.15) is 41.1 Å². The van der Waals surface area contributed by atoms with Gasteiger partial charge < -0.3 is 15.9 Å². The summed E-state index contributed by atoms with van der Waals surface area (Å²) in [5.41, 5.74) is 3.44. The second-order valence-electron chi connectivity index (χ2n) is 10.1. The summed E-state index contributed by atoms with van der Waals surface area (Å²) in [6, 6.07) is 14.8. The number of hydrazone groups is 1. The van der Waals surface area contributed by atoms with Gasteiger partial charge in [0.2, 0.25) is 15.9 Å². The largest absolute Gasteiger partial charge is 0.487 e. The fourth-order valence-corrected chi connectivity index (χ4v) is 7.64. The zero-order valence-electron chi connectivity index (χ0n) is 23.5. The number of hydrogen-bond donors (Lipinski definition) is 2. The van der Waals surface area contributed by atoms with E-state index in [9.17, 15) is 13.2 Å². The predicted octanol–water partition coefficient (Wildman–Crippen LogP) is 4.89. The lowest BCUT2D eigenvalue weighted by Gasteiger charge is -2.24. The van der Waals surface area contributed by atoms with E-state index in [4.69, 9.17) is 33.8 Å². The summed E-state index contributed by atoms with van der Waals surface area (Å²) < 4.78 is 35.0. The molecule has 1 fully saturated rings. The molecule has 5 rings (SSSR count). The number of hydrogen-bond acceptors (Lipinski definition) is 8. The Hall–Kier alpha value is -3.77. The van der Waals surface area contributed by atoms with Crippen LogP contribution in [0.15, 0.2) is 64.6 Å². The number of fused-ring (bicyclic) bond motifs is 1. The molecule has 3 N–H and O–H groups in total. The van der Waals surface area contributed by atoms with Gasteiger partial charge in [-0.3, -0.25) is 4.79 Å². The zero-order chi connectivity index (χ0) is 30.7. The van der Waals surface area contributed by atoms with Gasteiger partial charge in [-0.15, -0.1) is 0 Å². The molecule has 0 spiro atoms. The van der Waals surface area contributed by atoms with Gasteiger partial charge >= 0.3 is 0 Å². The Bertz CT molecular complexity index is 1820. The highest BCUT2D eigenvalue weighted by Gasteiger charge is 2.40. The second kappa shape index (κ2) is 12.8. The average molecular weight is 642 g/mol. The Labute approximate surface area is 259 Å². The number of carbonyl (C=O) groups is 1. The number of aromatic nitrogens is 2. The third-order valence-corrected chi connectivity index (χ3v) is 10.1. The van der Waals surface area contributed by atoms with E-state index in [1.165, 1.54) is 22.7 Å². The van der Waals surface area contributed by atoms with Crippen LogP contribution in [0.4, 0.5) is 0 Å². The third-order valence-electron chi connectivity index (χ3n) is 7.28. The summed E-state index contributed by atoms with van der Waals surface area (Å²) >= 11 is 13.2. The maximum Gasteiger partial charge on any atom is 0.245 e. The number of sulfonamides is 1.